The van der Waals surface area contributed by atoms with Crippen molar-refractivity contribution in [2.24, 2.45) is 0 Å². The molecule has 0 bridgehead atoms. The van der Waals surface area contributed by atoms with E-state index >= 15 is 0 Å². The Kier molecular flexibility index (Phi) is 6.99. The molecule has 0 unspecified atom stereocenters. The van der Waals surface area contributed by atoms with Gasteiger partial charge < -0.3 is 9.47 Å². The molecule has 0 saturated carbocycles. The van der Waals surface area contributed by atoms with Crippen molar-refractivity contribution in [2.75, 3.05) is 13.2 Å². The predicted octanol–water partition coefficient (Wildman–Crippen LogP) is 5.30. The summed E-state index contributed by atoms with van der Waals surface area (Å²) in [6, 6.07) is 15.5. The van der Waals surface area contributed by atoms with Crippen LogP contribution in [0.4, 0.5) is 0 Å². The van der Waals surface area contributed by atoms with E-state index in [1.54, 1.807) is 12.2 Å². The Balaban J connectivity index is 2.21. The predicted molar refractivity (Wildman–Crippen MR) is 100 cm³/mol. The van der Waals surface area contributed by atoms with Crippen molar-refractivity contribution in [3.63, 3.8) is 0 Å². The molecule has 0 aromatic heterocycles. The first-order valence-corrected chi connectivity index (χ1v) is 7.68. The van der Waals surface area contributed by atoms with Crippen LogP contribution in [-0.4, -0.2) is 13.2 Å². The van der Waals surface area contributed by atoms with Crippen LogP contribution >= 0.6 is 0 Å². The first-order chi connectivity index (χ1) is 11.8. The van der Waals surface area contributed by atoms with E-state index in [0.29, 0.717) is 13.2 Å². The van der Waals surface area contributed by atoms with Crippen molar-refractivity contribution in [3.05, 3.63) is 96.4 Å². The van der Waals surface area contributed by atoms with Crippen LogP contribution < -0.4 is 9.47 Å². The van der Waals surface area contributed by atoms with Gasteiger partial charge in [0.15, 0.2) is 0 Å². The minimum absolute atomic E-state index is 0.471. The zero-order valence-corrected chi connectivity index (χ0v) is 13.6. The van der Waals surface area contributed by atoms with Gasteiger partial charge in [-0.1, -0.05) is 73.2 Å². The van der Waals surface area contributed by atoms with Gasteiger partial charge in [-0.2, -0.15) is 0 Å². The van der Waals surface area contributed by atoms with Gasteiger partial charge in [0.1, 0.15) is 24.7 Å². The number of benzene rings is 2. The van der Waals surface area contributed by atoms with Gasteiger partial charge in [0.05, 0.1) is 0 Å². The molecule has 0 atom stereocenters. The second kappa shape index (κ2) is 9.76. The van der Waals surface area contributed by atoms with E-state index in [1.807, 2.05) is 60.7 Å². The average Bonchev–Trinajstić information content (AvgIpc) is 2.63. The highest BCUT2D eigenvalue weighted by molar-refractivity contribution is 5.60. The van der Waals surface area contributed by atoms with E-state index in [9.17, 15) is 0 Å². The van der Waals surface area contributed by atoms with E-state index in [-0.39, 0.29) is 0 Å². The van der Waals surface area contributed by atoms with Crippen LogP contribution in [0.15, 0.2) is 85.3 Å². The third-order valence-electron chi connectivity index (χ3n) is 3.09. The van der Waals surface area contributed by atoms with Crippen LogP contribution in [0.25, 0.3) is 12.2 Å². The Morgan fingerprint density at radius 2 is 1.12 bits per heavy atom. The molecular weight excluding hydrogens is 296 g/mol. The molecule has 0 radical (unpaired) electrons. The van der Waals surface area contributed by atoms with Crippen LogP contribution in [0.5, 0.6) is 11.5 Å². The number of hydrogen-bond acceptors (Lipinski definition) is 2. The Hall–Kier alpha value is -3.18. The van der Waals surface area contributed by atoms with Crippen LogP contribution in [0, 0.1) is 0 Å². The Bertz CT molecular complexity index is 722. The van der Waals surface area contributed by atoms with E-state index in [4.69, 9.17) is 9.47 Å². The summed E-state index contributed by atoms with van der Waals surface area (Å²) in [4.78, 5) is 0. The van der Waals surface area contributed by atoms with Gasteiger partial charge in [-0.05, 0) is 24.3 Å². The molecule has 0 fully saturated rings. The molecule has 2 nitrogen and oxygen atoms in total. The Morgan fingerprint density at radius 3 is 1.54 bits per heavy atom. The Morgan fingerprint density at radius 1 is 0.708 bits per heavy atom. The van der Waals surface area contributed by atoms with E-state index in [0.717, 1.165) is 22.6 Å². The molecule has 0 aliphatic rings. The summed E-state index contributed by atoms with van der Waals surface area (Å²) < 4.78 is 11.2. The fourth-order valence-corrected chi connectivity index (χ4v) is 2.00. The lowest BCUT2D eigenvalue weighted by Gasteiger charge is -2.05. The van der Waals surface area contributed by atoms with Crippen LogP contribution in [0.1, 0.15) is 11.1 Å². The highest BCUT2D eigenvalue weighted by atomic mass is 16.5. The van der Waals surface area contributed by atoms with Crippen molar-refractivity contribution >= 4 is 12.2 Å². The zero-order chi connectivity index (χ0) is 17.0. The molecule has 0 spiro atoms. The first kappa shape index (κ1) is 17.2. The van der Waals surface area contributed by atoms with Gasteiger partial charge >= 0.3 is 0 Å². The van der Waals surface area contributed by atoms with Crippen molar-refractivity contribution in [1.29, 1.82) is 0 Å². The molecule has 0 heterocycles. The summed E-state index contributed by atoms with van der Waals surface area (Å²) in [7, 11) is 0. The normalized spacial score (nSPS) is 9.17. The molecule has 0 aliphatic heterocycles. The third-order valence-corrected chi connectivity index (χ3v) is 3.09. The molecule has 0 saturated heterocycles. The van der Waals surface area contributed by atoms with E-state index in [2.05, 4.69) is 24.6 Å². The second-order valence-corrected chi connectivity index (χ2v) is 4.85. The molecule has 2 aromatic carbocycles. The highest BCUT2D eigenvalue weighted by Crippen LogP contribution is 2.20. The van der Waals surface area contributed by atoms with E-state index < -0.39 is 0 Å². The van der Waals surface area contributed by atoms with Gasteiger partial charge in [-0.25, -0.2) is 0 Å². The number of para-hydroxylation sites is 2. The molecule has 2 rings (SSSR count). The quantitative estimate of drug-likeness (QED) is 0.486. The number of rotatable bonds is 8. The minimum atomic E-state index is 0.471. The maximum atomic E-state index is 5.61. The topological polar surface area (TPSA) is 18.5 Å². The van der Waals surface area contributed by atoms with E-state index in [1.165, 1.54) is 0 Å². The van der Waals surface area contributed by atoms with Crippen molar-refractivity contribution in [2.45, 2.75) is 0 Å². The molecule has 0 N–H and O–H groups in total. The van der Waals surface area contributed by atoms with Crippen LogP contribution in [-0.2, 0) is 0 Å². The van der Waals surface area contributed by atoms with Crippen molar-refractivity contribution in [3.8, 4) is 11.5 Å². The van der Waals surface area contributed by atoms with Gasteiger partial charge in [0, 0.05) is 11.1 Å². The Labute approximate surface area is 143 Å². The van der Waals surface area contributed by atoms with Gasteiger partial charge in [-0.3, -0.25) is 0 Å². The monoisotopic (exact) mass is 316 g/mol. The molecule has 120 valence electrons. The summed E-state index contributed by atoms with van der Waals surface area (Å²) in [5.74, 6) is 1.59. The molecular formula is C22H20O2. The van der Waals surface area contributed by atoms with Crippen molar-refractivity contribution in [1.82, 2.24) is 0 Å². The minimum Gasteiger partial charge on any atom is -0.489 e. The lowest BCUT2D eigenvalue weighted by atomic mass is 10.2. The fraction of sp³-hybridized carbons (Fsp3) is 0.0909. The molecule has 2 heteroatoms. The van der Waals surface area contributed by atoms with Gasteiger partial charge in [0.2, 0.25) is 0 Å². The summed E-state index contributed by atoms with van der Waals surface area (Å²) in [6.07, 6.45) is 7.11. The smallest absolute Gasteiger partial charge is 0.127 e. The summed E-state index contributed by atoms with van der Waals surface area (Å²) in [6.45, 7) is 8.26. The van der Waals surface area contributed by atoms with Crippen LogP contribution in [0.3, 0.4) is 0 Å². The summed E-state index contributed by atoms with van der Waals surface area (Å²) >= 11 is 0. The van der Waals surface area contributed by atoms with Crippen molar-refractivity contribution < 1.29 is 9.47 Å². The second-order valence-electron chi connectivity index (χ2n) is 4.85. The third kappa shape index (κ3) is 5.23. The standard InChI is InChI=1S/C22H20O2/c1-3-17-23-21-15-9-7-13-19(21)11-5-6-12-20-14-8-10-16-22(20)24-18-4-2/h3-4,7-16H,1-2,17-18H2. The SMILES string of the molecule is C=CCOc1ccccc1C=C=C=Cc1ccccc1OCC=C. The first-order valence-electron chi connectivity index (χ1n) is 7.68. The molecule has 0 amide bonds. The highest BCUT2D eigenvalue weighted by Gasteiger charge is 1.98. The maximum absolute atomic E-state index is 5.61. The summed E-state index contributed by atoms with van der Waals surface area (Å²) in [5.41, 5.74) is 7.96. The molecule has 24 heavy (non-hydrogen) atoms. The summed E-state index contributed by atoms with van der Waals surface area (Å²) in [5, 5.41) is 0. The number of hydrogen-bond donors (Lipinski definition) is 0. The molecule has 0 aliphatic carbocycles. The largest absolute Gasteiger partial charge is 0.489 e. The van der Waals surface area contributed by atoms with Gasteiger partial charge in [0.25, 0.3) is 0 Å². The lowest BCUT2D eigenvalue weighted by molar-refractivity contribution is 0.362. The zero-order valence-electron chi connectivity index (χ0n) is 13.6. The number of ether oxygens (including phenoxy) is 2. The molecule has 2 aromatic rings. The lowest BCUT2D eigenvalue weighted by Crippen LogP contribution is -1.94. The van der Waals surface area contributed by atoms with Gasteiger partial charge in [-0.15, -0.1) is 0 Å². The average molecular weight is 316 g/mol. The fourth-order valence-electron chi connectivity index (χ4n) is 2.00. The maximum Gasteiger partial charge on any atom is 0.127 e. The van der Waals surface area contributed by atoms with Crippen LogP contribution in [0.2, 0.25) is 0 Å².